The third-order valence-corrected chi connectivity index (χ3v) is 4.32. The highest BCUT2D eigenvalue weighted by atomic mass is 19.1. The van der Waals surface area contributed by atoms with Crippen LogP contribution in [0, 0.1) is 23.7 Å². The van der Waals surface area contributed by atoms with E-state index in [0.717, 1.165) is 36.5 Å². The summed E-state index contributed by atoms with van der Waals surface area (Å²) in [6.45, 7) is 0. The Morgan fingerprint density at radius 2 is 1.73 bits per heavy atom. The van der Waals surface area contributed by atoms with E-state index >= 15 is 0 Å². The van der Waals surface area contributed by atoms with E-state index in [-0.39, 0.29) is 0 Å². The molecule has 0 radical (unpaired) electrons. The van der Waals surface area contributed by atoms with Gasteiger partial charge in [-0.2, -0.15) is 0 Å². The van der Waals surface area contributed by atoms with E-state index in [1.165, 1.54) is 19.3 Å². The maximum Gasteiger partial charge on any atom is 0.101 e. The number of hydrogen-bond acceptors (Lipinski definition) is 0. The lowest BCUT2D eigenvalue weighted by atomic mass is 9.72. The Bertz CT molecular complexity index is 178. The second-order valence-corrected chi connectivity index (χ2v) is 4.73. The molecular weight excluding hydrogens is 139 g/mol. The van der Waals surface area contributed by atoms with E-state index in [4.69, 9.17) is 0 Å². The summed E-state index contributed by atoms with van der Waals surface area (Å²) in [6, 6.07) is 0. The first-order valence-electron chi connectivity index (χ1n) is 4.98. The van der Waals surface area contributed by atoms with E-state index in [0.29, 0.717) is 0 Å². The summed E-state index contributed by atoms with van der Waals surface area (Å²) < 4.78 is 13.0. The molecule has 0 nitrogen and oxygen atoms in total. The molecule has 0 saturated heterocycles. The predicted octanol–water partition coefficient (Wildman–Crippen LogP) is 2.78. The highest BCUT2D eigenvalue weighted by Gasteiger charge is 2.51. The molecule has 3 rings (SSSR count). The number of fused-ring (bicyclic) bond motifs is 3. The standard InChI is InChI=1S/C10H15F/c11-8-4-7-3-6-1-2-9(6)10(7)5-8/h6-10H,1-5H2/t6?,7?,8-,9?,10?/m1/s1. The van der Waals surface area contributed by atoms with Crippen molar-refractivity contribution in [3.63, 3.8) is 0 Å². The van der Waals surface area contributed by atoms with Crippen LogP contribution in [-0.2, 0) is 0 Å². The molecule has 0 N–H and O–H groups in total. The SMILES string of the molecule is F[C@@H]1CC2CC3CCC3C2C1. The Labute approximate surface area is 67.2 Å². The Hall–Kier alpha value is -0.0700. The molecule has 0 aromatic heterocycles. The van der Waals surface area contributed by atoms with Crippen molar-refractivity contribution in [3.05, 3.63) is 0 Å². The summed E-state index contributed by atoms with van der Waals surface area (Å²) in [4.78, 5) is 0. The van der Waals surface area contributed by atoms with Crippen LogP contribution in [0.1, 0.15) is 32.1 Å². The lowest BCUT2D eigenvalue weighted by molar-refractivity contribution is 0.156. The quantitative estimate of drug-likeness (QED) is 0.503. The zero-order chi connectivity index (χ0) is 7.42. The van der Waals surface area contributed by atoms with Gasteiger partial charge in [-0.05, 0) is 55.8 Å². The molecule has 0 aromatic carbocycles. The first-order valence-corrected chi connectivity index (χ1v) is 4.98. The monoisotopic (exact) mass is 154 g/mol. The van der Waals surface area contributed by atoms with Crippen LogP contribution in [0.15, 0.2) is 0 Å². The minimum Gasteiger partial charge on any atom is -0.247 e. The van der Waals surface area contributed by atoms with E-state index in [9.17, 15) is 4.39 Å². The van der Waals surface area contributed by atoms with Crippen molar-refractivity contribution in [2.75, 3.05) is 0 Å². The molecule has 0 spiro atoms. The minimum absolute atomic E-state index is 0.438. The lowest BCUT2D eigenvalue weighted by Gasteiger charge is -2.33. The molecule has 3 aliphatic rings. The topological polar surface area (TPSA) is 0 Å². The van der Waals surface area contributed by atoms with Gasteiger partial charge in [0.05, 0.1) is 0 Å². The lowest BCUT2D eigenvalue weighted by Crippen LogP contribution is -2.25. The van der Waals surface area contributed by atoms with E-state index in [1.807, 2.05) is 0 Å². The second-order valence-electron chi connectivity index (χ2n) is 4.73. The van der Waals surface area contributed by atoms with Crippen molar-refractivity contribution < 1.29 is 4.39 Å². The van der Waals surface area contributed by atoms with Gasteiger partial charge in [-0.15, -0.1) is 0 Å². The minimum atomic E-state index is -0.438. The fourth-order valence-corrected chi connectivity index (χ4v) is 3.72. The summed E-state index contributed by atoms with van der Waals surface area (Å²) in [6.07, 6.45) is 5.61. The number of rotatable bonds is 0. The average Bonchev–Trinajstić information content (AvgIpc) is 2.31. The first kappa shape index (κ1) is 6.45. The van der Waals surface area contributed by atoms with Gasteiger partial charge in [0, 0.05) is 0 Å². The summed E-state index contributed by atoms with van der Waals surface area (Å²) in [7, 11) is 0. The molecule has 0 bridgehead atoms. The van der Waals surface area contributed by atoms with Gasteiger partial charge >= 0.3 is 0 Å². The average molecular weight is 154 g/mol. The van der Waals surface area contributed by atoms with Crippen LogP contribution in [0.3, 0.4) is 0 Å². The Morgan fingerprint density at radius 3 is 2.45 bits per heavy atom. The summed E-state index contributed by atoms with van der Waals surface area (Å²) in [5, 5.41) is 0. The van der Waals surface area contributed by atoms with Crippen LogP contribution in [0.2, 0.25) is 0 Å². The van der Waals surface area contributed by atoms with Gasteiger partial charge in [-0.1, -0.05) is 0 Å². The zero-order valence-corrected chi connectivity index (χ0v) is 6.80. The summed E-state index contributed by atoms with van der Waals surface area (Å²) in [5.41, 5.74) is 0. The van der Waals surface area contributed by atoms with Gasteiger partial charge < -0.3 is 0 Å². The van der Waals surface area contributed by atoms with Crippen molar-refractivity contribution in [1.82, 2.24) is 0 Å². The maximum absolute atomic E-state index is 13.0. The van der Waals surface area contributed by atoms with Crippen LogP contribution < -0.4 is 0 Å². The van der Waals surface area contributed by atoms with Gasteiger partial charge in [-0.3, -0.25) is 0 Å². The molecule has 0 heterocycles. The fraction of sp³-hybridized carbons (Fsp3) is 1.00. The van der Waals surface area contributed by atoms with Crippen LogP contribution >= 0.6 is 0 Å². The predicted molar refractivity (Wildman–Crippen MR) is 41.9 cm³/mol. The van der Waals surface area contributed by atoms with E-state index < -0.39 is 6.17 Å². The van der Waals surface area contributed by atoms with E-state index in [1.54, 1.807) is 0 Å². The molecule has 0 amide bonds. The molecule has 4 unspecified atom stereocenters. The molecular formula is C10H15F. The third-order valence-electron chi connectivity index (χ3n) is 4.32. The Morgan fingerprint density at radius 1 is 0.818 bits per heavy atom. The molecule has 1 heteroatoms. The highest BCUT2D eigenvalue weighted by molar-refractivity contribution is 5.01. The van der Waals surface area contributed by atoms with Crippen molar-refractivity contribution >= 4 is 0 Å². The van der Waals surface area contributed by atoms with Crippen LogP contribution in [0.5, 0.6) is 0 Å². The molecule has 3 aliphatic carbocycles. The van der Waals surface area contributed by atoms with Gasteiger partial charge in [-0.25, -0.2) is 4.39 Å². The van der Waals surface area contributed by atoms with Crippen molar-refractivity contribution in [3.8, 4) is 0 Å². The Balaban J connectivity index is 1.80. The molecule has 0 aliphatic heterocycles. The zero-order valence-electron chi connectivity index (χ0n) is 6.80. The number of halogens is 1. The molecule has 11 heavy (non-hydrogen) atoms. The number of alkyl halides is 1. The summed E-state index contributed by atoms with van der Waals surface area (Å²) >= 11 is 0. The largest absolute Gasteiger partial charge is 0.247 e. The van der Waals surface area contributed by atoms with Gasteiger partial charge in [0.1, 0.15) is 6.17 Å². The number of hydrogen-bond donors (Lipinski definition) is 0. The molecule has 62 valence electrons. The fourth-order valence-electron chi connectivity index (χ4n) is 3.72. The van der Waals surface area contributed by atoms with Crippen LogP contribution in [0.25, 0.3) is 0 Å². The molecule has 5 atom stereocenters. The third kappa shape index (κ3) is 0.746. The molecule has 0 aromatic rings. The van der Waals surface area contributed by atoms with Gasteiger partial charge in [0.15, 0.2) is 0 Å². The van der Waals surface area contributed by atoms with Crippen LogP contribution in [-0.4, -0.2) is 6.17 Å². The Kier molecular flexibility index (Phi) is 1.17. The van der Waals surface area contributed by atoms with Crippen molar-refractivity contribution in [2.45, 2.75) is 38.3 Å². The van der Waals surface area contributed by atoms with Crippen LogP contribution in [0.4, 0.5) is 4.39 Å². The highest BCUT2D eigenvalue weighted by Crippen LogP contribution is 2.59. The smallest absolute Gasteiger partial charge is 0.101 e. The van der Waals surface area contributed by atoms with Crippen molar-refractivity contribution in [1.29, 1.82) is 0 Å². The van der Waals surface area contributed by atoms with Gasteiger partial charge in [0.2, 0.25) is 0 Å². The maximum atomic E-state index is 13.0. The normalized spacial score (nSPS) is 60.3. The van der Waals surface area contributed by atoms with E-state index in [2.05, 4.69) is 0 Å². The molecule has 3 saturated carbocycles. The van der Waals surface area contributed by atoms with Crippen molar-refractivity contribution in [2.24, 2.45) is 23.7 Å². The molecule has 3 fully saturated rings. The summed E-state index contributed by atoms with van der Waals surface area (Å²) in [5.74, 6) is 3.59. The van der Waals surface area contributed by atoms with Gasteiger partial charge in [0.25, 0.3) is 0 Å². The second kappa shape index (κ2) is 1.99. The first-order chi connectivity index (χ1) is 5.34.